The zero-order valence-corrected chi connectivity index (χ0v) is 16.9. The molecule has 4 aromatic rings. The van der Waals surface area contributed by atoms with Crippen LogP contribution in [0, 0.1) is 0 Å². The predicted octanol–water partition coefficient (Wildman–Crippen LogP) is 6.72. The van der Waals surface area contributed by atoms with Gasteiger partial charge < -0.3 is 0 Å². The highest BCUT2D eigenvalue weighted by atomic mass is 35.5. The molecule has 0 unspecified atom stereocenters. The number of fused-ring (bicyclic) bond motifs is 1. The highest BCUT2D eigenvalue weighted by Gasteiger charge is 2.17. The molecule has 0 saturated heterocycles. The molecule has 0 aliphatic rings. The van der Waals surface area contributed by atoms with Crippen molar-refractivity contribution in [1.29, 1.82) is 0 Å². The number of imidazole rings is 1. The molecule has 2 heterocycles. The minimum Gasteiger partial charge on any atom is -0.255 e. The van der Waals surface area contributed by atoms with Crippen LogP contribution in [0.4, 0.5) is 0 Å². The molecule has 2 aromatic heterocycles. The summed E-state index contributed by atoms with van der Waals surface area (Å²) in [5, 5.41) is 0.629. The van der Waals surface area contributed by atoms with Crippen molar-refractivity contribution in [2.24, 2.45) is 0 Å². The second-order valence-corrected chi connectivity index (χ2v) is 8.33. The van der Waals surface area contributed by atoms with E-state index in [4.69, 9.17) is 28.4 Å². The Balaban J connectivity index is 1.76. The highest BCUT2D eigenvalue weighted by molar-refractivity contribution is 6.33. The first-order valence-electron chi connectivity index (χ1n) is 8.75. The first kappa shape index (κ1) is 18.0. The normalized spacial score (nSPS) is 11.9. The lowest BCUT2D eigenvalue weighted by Gasteiger charge is -2.18. The van der Waals surface area contributed by atoms with Crippen molar-refractivity contribution in [3.05, 3.63) is 71.4 Å². The van der Waals surface area contributed by atoms with Gasteiger partial charge in [0.25, 0.3) is 0 Å². The van der Waals surface area contributed by atoms with E-state index in [1.165, 1.54) is 5.56 Å². The minimum atomic E-state index is 0.0547. The van der Waals surface area contributed by atoms with Crippen LogP contribution in [0.2, 0.25) is 5.02 Å². The molecule has 0 aliphatic carbocycles. The van der Waals surface area contributed by atoms with E-state index in [1.807, 2.05) is 42.5 Å². The van der Waals surface area contributed by atoms with Crippen molar-refractivity contribution in [2.75, 3.05) is 0 Å². The molecule has 0 atom stereocenters. The van der Waals surface area contributed by atoms with Crippen LogP contribution in [0.5, 0.6) is 0 Å². The lowest BCUT2D eigenvalue weighted by atomic mass is 9.87. The maximum absolute atomic E-state index is 6.62. The largest absolute Gasteiger partial charge is 0.255 e. The van der Waals surface area contributed by atoms with Crippen LogP contribution in [-0.2, 0) is 5.41 Å². The Labute approximate surface area is 168 Å². The summed E-state index contributed by atoms with van der Waals surface area (Å²) in [6, 6.07) is 17.9. The van der Waals surface area contributed by atoms with E-state index in [-0.39, 0.29) is 5.41 Å². The molecule has 0 radical (unpaired) electrons. The quantitative estimate of drug-likeness (QED) is 0.377. The zero-order chi connectivity index (χ0) is 19.2. The Bertz CT molecular complexity index is 1120. The van der Waals surface area contributed by atoms with Crippen LogP contribution in [0.15, 0.2) is 60.8 Å². The van der Waals surface area contributed by atoms with E-state index in [2.05, 4.69) is 37.9 Å². The Morgan fingerprint density at radius 2 is 1.63 bits per heavy atom. The maximum atomic E-state index is 6.62. The fraction of sp³-hybridized carbons (Fsp3) is 0.182. The third-order valence-electron chi connectivity index (χ3n) is 4.64. The monoisotopic (exact) mass is 395 g/mol. The summed E-state index contributed by atoms with van der Waals surface area (Å²) in [5.74, 6) is 0.719. The molecule has 0 aliphatic heterocycles. The SMILES string of the molecule is CC(C)(C)c1ccc2nc(-c3ccc(-c4ncccc4Cl)cc3)n(Cl)c2c1. The Morgan fingerprint density at radius 1 is 0.926 bits per heavy atom. The van der Waals surface area contributed by atoms with Gasteiger partial charge in [-0.15, -0.1) is 0 Å². The van der Waals surface area contributed by atoms with Gasteiger partial charge in [-0.1, -0.05) is 62.7 Å². The number of pyridine rings is 1. The summed E-state index contributed by atoms with van der Waals surface area (Å²) >= 11 is 12.9. The molecule has 0 fully saturated rings. The van der Waals surface area contributed by atoms with E-state index in [0.717, 1.165) is 33.7 Å². The number of benzene rings is 2. The summed E-state index contributed by atoms with van der Waals surface area (Å²) in [5.41, 5.74) is 5.73. The lowest BCUT2D eigenvalue weighted by Crippen LogP contribution is -2.10. The van der Waals surface area contributed by atoms with Gasteiger partial charge >= 0.3 is 0 Å². The molecular formula is C22H19Cl2N3. The molecule has 0 N–H and O–H groups in total. The van der Waals surface area contributed by atoms with Crippen LogP contribution in [0.25, 0.3) is 33.7 Å². The zero-order valence-electron chi connectivity index (χ0n) is 15.4. The average Bonchev–Trinajstić information content (AvgIpc) is 2.98. The summed E-state index contributed by atoms with van der Waals surface area (Å²) in [6.45, 7) is 6.56. The number of halogens is 2. The molecule has 0 saturated carbocycles. The number of nitrogens with zero attached hydrogens (tertiary/aromatic N) is 3. The number of hydrogen-bond donors (Lipinski definition) is 0. The molecule has 0 amide bonds. The summed E-state index contributed by atoms with van der Waals surface area (Å²) in [4.78, 5) is 9.07. The van der Waals surface area contributed by atoms with E-state index in [9.17, 15) is 0 Å². The van der Waals surface area contributed by atoms with Crippen molar-refractivity contribution in [1.82, 2.24) is 14.1 Å². The smallest absolute Gasteiger partial charge is 0.155 e. The van der Waals surface area contributed by atoms with Crippen molar-refractivity contribution in [3.63, 3.8) is 0 Å². The van der Waals surface area contributed by atoms with Crippen LogP contribution in [0.3, 0.4) is 0 Å². The first-order valence-corrected chi connectivity index (χ1v) is 9.47. The number of hydrogen-bond acceptors (Lipinski definition) is 2. The molecule has 3 nitrogen and oxygen atoms in total. The molecule has 0 bridgehead atoms. The first-order chi connectivity index (χ1) is 12.8. The van der Waals surface area contributed by atoms with E-state index < -0.39 is 0 Å². The van der Waals surface area contributed by atoms with Crippen molar-refractivity contribution in [3.8, 4) is 22.6 Å². The van der Waals surface area contributed by atoms with Crippen LogP contribution in [-0.4, -0.2) is 14.1 Å². The second kappa shape index (κ2) is 6.66. The molecule has 0 spiro atoms. The Kier molecular flexibility index (Phi) is 4.45. The molecule has 4 rings (SSSR count). The fourth-order valence-corrected chi connectivity index (χ4v) is 3.57. The molecule has 136 valence electrons. The van der Waals surface area contributed by atoms with Crippen LogP contribution < -0.4 is 0 Å². The summed E-state index contributed by atoms with van der Waals surface area (Å²) < 4.78 is 1.63. The predicted molar refractivity (Wildman–Crippen MR) is 113 cm³/mol. The van der Waals surface area contributed by atoms with Gasteiger partial charge in [0, 0.05) is 29.1 Å². The molecular weight excluding hydrogens is 377 g/mol. The number of aromatic nitrogens is 3. The molecule has 2 aromatic carbocycles. The third-order valence-corrected chi connectivity index (χ3v) is 5.29. The van der Waals surface area contributed by atoms with E-state index >= 15 is 0 Å². The highest BCUT2D eigenvalue weighted by Crippen LogP contribution is 2.32. The topological polar surface area (TPSA) is 30.7 Å². The number of rotatable bonds is 2. The van der Waals surface area contributed by atoms with Gasteiger partial charge in [0.05, 0.1) is 21.7 Å². The lowest BCUT2D eigenvalue weighted by molar-refractivity contribution is 0.591. The van der Waals surface area contributed by atoms with Gasteiger partial charge in [-0.3, -0.25) is 4.98 Å². The van der Waals surface area contributed by atoms with E-state index in [1.54, 1.807) is 10.3 Å². The maximum Gasteiger partial charge on any atom is 0.155 e. The van der Waals surface area contributed by atoms with Crippen LogP contribution in [0.1, 0.15) is 26.3 Å². The van der Waals surface area contributed by atoms with Gasteiger partial charge in [-0.2, -0.15) is 0 Å². The third kappa shape index (κ3) is 3.33. The van der Waals surface area contributed by atoms with E-state index in [0.29, 0.717) is 5.02 Å². The van der Waals surface area contributed by atoms with Gasteiger partial charge in [0.1, 0.15) is 0 Å². The van der Waals surface area contributed by atoms with Gasteiger partial charge in [-0.25, -0.2) is 9.07 Å². The standard InChI is InChI=1S/C22H19Cl2N3/c1-22(2,3)16-10-11-18-19(13-16)27(24)21(26-18)15-8-6-14(7-9-15)20-17(23)5-4-12-25-20/h4-13H,1-3H3. The van der Waals surface area contributed by atoms with Crippen molar-refractivity contribution >= 4 is 34.4 Å². The van der Waals surface area contributed by atoms with Gasteiger partial charge in [-0.05, 0) is 35.2 Å². The molecule has 27 heavy (non-hydrogen) atoms. The van der Waals surface area contributed by atoms with Crippen molar-refractivity contribution < 1.29 is 0 Å². The Hall–Kier alpha value is -2.36. The summed E-state index contributed by atoms with van der Waals surface area (Å²) in [7, 11) is 0. The Morgan fingerprint density at radius 3 is 2.30 bits per heavy atom. The summed E-state index contributed by atoms with van der Waals surface area (Å²) in [6.07, 6.45) is 1.74. The van der Waals surface area contributed by atoms with Gasteiger partial charge in [0.15, 0.2) is 5.82 Å². The van der Waals surface area contributed by atoms with Crippen molar-refractivity contribution in [2.45, 2.75) is 26.2 Å². The average molecular weight is 396 g/mol. The molecule has 5 heteroatoms. The fourth-order valence-electron chi connectivity index (χ4n) is 3.07. The minimum absolute atomic E-state index is 0.0547. The van der Waals surface area contributed by atoms with Crippen LogP contribution >= 0.6 is 23.4 Å². The van der Waals surface area contributed by atoms with Gasteiger partial charge in [0.2, 0.25) is 0 Å². The second-order valence-electron chi connectivity index (χ2n) is 7.58.